The second kappa shape index (κ2) is 34.5. The fourth-order valence-electron chi connectivity index (χ4n) is 5.81. The van der Waals surface area contributed by atoms with Gasteiger partial charge >= 0.3 is 6.03 Å². The Balaban J connectivity index is 4.05. The SMILES string of the molecule is CCCCCCCCCCCCNC(=O)N(CCCCCCCCCCCC)CCCCCCCCCCCC. The molecule has 0 radical (unpaired) electrons. The number of nitrogens with zero attached hydrogens (tertiary/aromatic N) is 1. The number of rotatable bonds is 33. The highest BCUT2D eigenvalue weighted by Gasteiger charge is 2.12. The van der Waals surface area contributed by atoms with Crippen LogP contribution in [0.15, 0.2) is 0 Å². The summed E-state index contributed by atoms with van der Waals surface area (Å²) in [4.78, 5) is 15.1. The minimum atomic E-state index is 0.197. The van der Waals surface area contributed by atoms with Crippen LogP contribution in [0.2, 0.25) is 0 Å². The van der Waals surface area contributed by atoms with Crippen molar-refractivity contribution in [3.8, 4) is 0 Å². The molecule has 0 saturated carbocycles. The molecular formula is C37H76N2O. The largest absolute Gasteiger partial charge is 0.338 e. The van der Waals surface area contributed by atoms with E-state index in [1.807, 2.05) is 0 Å². The predicted molar refractivity (Wildman–Crippen MR) is 181 cm³/mol. The monoisotopic (exact) mass is 565 g/mol. The van der Waals surface area contributed by atoms with Crippen LogP contribution in [-0.4, -0.2) is 30.6 Å². The van der Waals surface area contributed by atoms with Crippen molar-refractivity contribution in [2.24, 2.45) is 0 Å². The smallest absolute Gasteiger partial charge is 0.317 e. The topological polar surface area (TPSA) is 32.3 Å². The fourth-order valence-corrected chi connectivity index (χ4v) is 5.81. The van der Waals surface area contributed by atoms with Crippen molar-refractivity contribution in [3.05, 3.63) is 0 Å². The van der Waals surface area contributed by atoms with Crippen molar-refractivity contribution in [1.29, 1.82) is 0 Å². The van der Waals surface area contributed by atoms with Gasteiger partial charge in [0.15, 0.2) is 0 Å². The summed E-state index contributed by atoms with van der Waals surface area (Å²) in [5, 5.41) is 3.27. The van der Waals surface area contributed by atoms with Gasteiger partial charge in [0.1, 0.15) is 0 Å². The molecule has 0 aliphatic carbocycles. The Hall–Kier alpha value is -0.730. The van der Waals surface area contributed by atoms with Crippen molar-refractivity contribution in [2.45, 2.75) is 213 Å². The van der Waals surface area contributed by atoms with Crippen LogP contribution in [0.3, 0.4) is 0 Å². The van der Waals surface area contributed by atoms with E-state index < -0.39 is 0 Å². The summed E-state index contributed by atoms with van der Waals surface area (Å²) in [6.07, 6.45) is 40.5. The Morgan fingerprint density at radius 1 is 0.375 bits per heavy atom. The normalized spacial score (nSPS) is 11.3. The van der Waals surface area contributed by atoms with Gasteiger partial charge in [-0.15, -0.1) is 0 Å². The molecule has 0 atom stereocenters. The molecular weight excluding hydrogens is 488 g/mol. The third-order valence-electron chi connectivity index (χ3n) is 8.66. The number of carbonyl (C=O) groups is 1. The van der Waals surface area contributed by atoms with Gasteiger partial charge in [0.25, 0.3) is 0 Å². The summed E-state index contributed by atoms with van der Waals surface area (Å²) in [5.74, 6) is 0. The lowest BCUT2D eigenvalue weighted by Crippen LogP contribution is -2.41. The van der Waals surface area contributed by atoms with Crippen molar-refractivity contribution >= 4 is 6.03 Å². The highest BCUT2D eigenvalue weighted by Crippen LogP contribution is 2.14. The molecule has 3 nitrogen and oxygen atoms in total. The van der Waals surface area contributed by atoms with E-state index in [-0.39, 0.29) is 6.03 Å². The molecule has 240 valence electrons. The molecule has 0 bridgehead atoms. The van der Waals surface area contributed by atoms with E-state index in [1.165, 1.54) is 186 Å². The first-order valence-electron chi connectivity index (χ1n) is 18.8. The van der Waals surface area contributed by atoms with Gasteiger partial charge in [0.05, 0.1) is 0 Å². The number of unbranched alkanes of at least 4 members (excludes halogenated alkanes) is 27. The molecule has 0 saturated heterocycles. The molecule has 0 rings (SSSR count). The van der Waals surface area contributed by atoms with Crippen LogP contribution in [0, 0.1) is 0 Å². The van der Waals surface area contributed by atoms with Crippen LogP contribution in [0.1, 0.15) is 213 Å². The van der Waals surface area contributed by atoms with E-state index in [0.29, 0.717) is 0 Å². The molecule has 0 aromatic carbocycles. The van der Waals surface area contributed by atoms with E-state index >= 15 is 0 Å². The summed E-state index contributed by atoms with van der Waals surface area (Å²) in [6.45, 7) is 9.60. The summed E-state index contributed by atoms with van der Waals surface area (Å²) in [6, 6.07) is 0.197. The van der Waals surface area contributed by atoms with Gasteiger partial charge in [-0.05, 0) is 19.3 Å². The molecule has 1 N–H and O–H groups in total. The van der Waals surface area contributed by atoms with Gasteiger partial charge in [-0.2, -0.15) is 0 Å². The van der Waals surface area contributed by atoms with E-state index in [0.717, 1.165) is 26.1 Å². The lowest BCUT2D eigenvalue weighted by atomic mass is 10.1. The minimum absolute atomic E-state index is 0.197. The minimum Gasteiger partial charge on any atom is -0.338 e. The van der Waals surface area contributed by atoms with Crippen molar-refractivity contribution in [3.63, 3.8) is 0 Å². The Morgan fingerprint density at radius 3 is 0.925 bits per heavy atom. The molecule has 40 heavy (non-hydrogen) atoms. The number of nitrogens with one attached hydrogen (secondary N) is 1. The average Bonchev–Trinajstić information content (AvgIpc) is 2.96. The quantitative estimate of drug-likeness (QED) is 0.0790. The van der Waals surface area contributed by atoms with Gasteiger partial charge in [0.2, 0.25) is 0 Å². The summed E-state index contributed by atoms with van der Waals surface area (Å²) >= 11 is 0. The summed E-state index contributed by atoms with van der Waals surface area (Å²) < 4.78 is 0. The third kappa shape index (κ3) is 30.2. The summed E-state index contributed by atoms with van der Waals surface area (Å²) in [5.41, 5.74) is 0. The van der Waals surface area contributed by atoms with E-state index in [4.69, 9.17) is 0 Å². The molecule has 0 aliphatic heterocycles. The van der Waals surface area contributed by atoms with Crippen molar-refractivity contribution in [2.75, 3.05) is 19.6 Å². The third-order valence-corrected chi connectivity index (χ3v) is 8.66. The van der Waals surface area contributed by atoms with Gasteiger partial charge < -0.3 is 10.2 Å². The number of hydrogen-bond acceptors (Lipinski definition) is 1. The first kappa shape index (κ1) is 39.3. The second-order valence-corrected chi connectivity index (χ2v) is 12.8. The van der Waals surface area contributed by atoms with Crippen LogP contribution >= 0.6 is 0 Å². The van der Waals surface area contributed by atoms with Crippen LogP contribution < -0.4 is 5.32 Å². The molecule has 0 fully saturated rings. The first-order chi connectivity index (χ1) is 19.8. The molecule has 0 aromatic heterocycles. The van der Waals surface area contributed by atoms with Crippen molar-refractivity contribution < 1.29 is 4.79 Å². The molecule has 0 spiro atoms. The van der Waals surface area contributed by atoms with Gasteiger partial charge in [-0.1, -0.05) is 194 Å². The highest BCUT2D eigenvalue weighted by molar-refractivity contribution is 5.74. The van der Waals surface area contributed by atoms with Gasteiger partial charge in [0, 0.05) is 19.6 Å². The maximum Gasteiger partial charge on any atom is 0.317 e. The molecule has 0 aliphatic rings. The zero-order valence-electron chi connectivity index (χ0n) is 28.2. The zero-order chi connectivity index (χ0) is 29.2. The maximum absolute atomic E-state index is 13.0. The van der Waals surface area contributed by atoms with E-state index in [2.05, 4.69) is 31.0 Å². The Bertz CT molecular complexity index is 457. The molecule has 3 heteroatoms. The molecule has 2 amide bonds. The Morgan fingerprint density at radius 2 is 0.625 bits per heavy atom. The molecule has 0 heterocycles. The highest BCUT2D eigenvalue weighted by atomic mass is 16.2. The average molecular weight is 565 g/mol. The Labute approximate surface area is 253 Å². The van der Waals surface area contributed by atoms with Crippen LogP contribution in [-0.2, 0) is 0 Å². The number of carbonyl (C=O) groups excluding carboxylic acids is 1. The molecule has 0 aromatic rings. The number of hydrogen-bond donors (Lipinski definition) is 1. The standard InChI is InChI=1S/C37H76N2O/c1-4-7-10-13-16-19-22-25-28-31-34-38-37(40)39(35-32-29-26-23-20-17-14-11-8-5-2)36-33-30-27-24-21-18-15-12-9-6-3/h4-36H2,1-3H3,(H,38,40). The van der Waals surface area contributed by atoms with Gasteiger partial charge in [-0.3, -0.25) is 0 Å². The lowest BCUT2D eigenvalue weighted by molar-refractivity contribution is 0.195. The van der Waals surface area contributed by atoms with Gasteiger partial charge in [-0.25, -0.2) is 4.79 Å². The number of amides is 2. The first-order valence-corrected chi connectivity index (χ1v) is 18.8. The van der Waals surface area contributed by atoms with Crippen LogP contribution in [0.4, 0.5) is 4.79 Å². The van der Waals surface area contributed by atoms with Crippen LogP contribution in [0.25, 0.3) is 0 Å². The predicted octanol–water partition coefficient (Wildman–Crippen LogP) is 12.8. The maximum atomic E-state index is 13.0. The Kier molecular flexibility index (Phi) is 33.8. The zero-order valence-corrected chi connectivity index (χ0v) is 28.2. The summed E-state index contributed by atoms with van der Waals surface area (Å²) in [7, 11) is 0. The van der Waals surface area contributed by atoms with E-state index in [1.54, 1.807) is 0 Å². The van der Waals surface area contributed by atoms with Crippen molar-refractivity contribution in [1.82, 2.24) is 10.2 Å². The molecule has 0 unspecified atom stereocenters. The van der Waals surface area contributed by atoms with E-state index in [9.17, 15) is 4.79 Å². The number of urea groups is 1. The second-order valence-electron chi connectivity index (χ2n) is 12.8. The van der Waals surface area contributed by atoms with Crippen LogP contribution in [0.5, 0.6) is 0 Å². The fraction of sp³-hybridized carbons (Fsp3) is 0.973. The lowest BCUT2D eigenvalue weighted by Gasteiger charge is -2.23.